The first-order chi connectivity index (χ1) is 27.4. The summed E-state index contributed by atoms with van der Waals surface area (Å²) in [6, 6.07) is 42.6. The van der Waals surface area contributed by atoms with Crippen LogP contribution in [0.1, 0.15) is 44.6 Å². The van der Waals surface area contributed by atoms with E-state index in [0.717, 1.165) is 22.3 Å². The third kappa shape index (κ3) is 9.95. The lowest BCUT2D eigenvalue weighted by Gasteiger charge is -2.45. The van der Waals surface area contributed by atoms with Crippen molar-refractivity contribution in [3.63, 3.8) is 0 Å². The van der Waals surface area contributed by atoms with Crippen molar-refractivity contribution in [2.24, 2.45) is 0 Å². The maximum Gasteiger partial charge on any atom is 0.238 e. The van der Waals surface area contributed by atoms with Crippen molar-refractivity contribution in [3.8, 4) is 5.88 Å². The van der Waals surface area contributed by atoms with Crippen molar-refractivity contribution >= 4 is 0 Å². The molecule has 56 heavy (non-hydrogen) atoms. The molecular weight excluding hydrogens is 715 g/mol. The highest BCUT2D eigenvalue weighted by molar-refractivity contribution is 5.37. The summed E-state index contributed by atoms with van der Waals surface area (Å²) in [5.41, 5.74) is 5.50. The molecule has 290 valence electrons. The number of nitrogens with zero attached hydrogens (tertiary/aromatic N) is 1. The first-order valence-corrected chi connectivity index (χ1v) is 18.8. The number of ether oxygens (including phenoxy) is 6. The fraction of sp³-hybridized carbons (Fsp3) is 0.283. The van der Waals surface area contributed by atoms with Gasteiger partial charge in [-0.25, -0.2) is 8.78 Å². The van der Waals surface area contributed by atoms with E-state index in [1.165, 1.54) is 6.92 Å². The molecule has 1 aromatic heterocycles. The number of aryl methyl sites for hydroxylation is 2. The summed E-state index contributed by atoms with van der Waals surface area (Å²) in [5.74, 6) is -1.61. The predicted octanol–water partition coefficient (Wildman–Crippen LogP) is 8.97. The summed E-state index contributed by atoms with van der Waals surface area (Å²) < 4.78 is 69.9. The highest BCUT2D eigenvalue weighted by Gasteiger charge is 2.50. The Morgan fingerprint density at radius 3 is 1.64 bits per heavy atom. The molecule has 8 nitrogen and oxygen atoms in total. The second-order valence-electron chi connectivity index (χ2n) is 13.9. The Labute approximate surface area is 326 Å². The van der Waals surface area contributed by atoms with Gasteiger partial charge in [-0.3, -0.25) is 5.10 Å². The largest absolute Gasteiger partial charge is 0.443 e. The third-order valence-electron chi connectivity index (χ3n) is 9.83. The fourth-order valence-corrected chi connectivity index (χ4v) is 6.70. The van der Waals surface area contributed by atoms with Gasteiger partial charge in [0.15, 0.2) is 11.6 Å². The number of aromatic amines is 1. The van der Waals surface area contributed by atoms with Crippen molar-refractivity contribution < 1.29 is 37.2 Å². The summed E-state index contributed by atoms with van der Waals surface area (Å²) in [5, 5.41) is 7.43. The van der Waals surface area contributed by atoms with E-state index in [2.05, 4.69) is 10.2 Å². The molecule has 5 aromatic carbocycles. The minimum absolute atomic E-state index is 0.0311. The van der Waals surface area contributed by atoms with Gasteiger partial charge in [0.1, 0.15) is 24.4 Å². The Kier molecular flexibility index (Phi) is 13.3. The van der Waals surface area contributed by atoms with Crippen LogP contribution in [0.4, 0.5) is 8.78 Å². The zero-order valence-corrected chi connectivity index (χ0v) is 31.5. The molecule has 7 rings (SSSR count). The van der Waals surface area contributed by atoms with Crippen LogP contribution in [-0.4, -0.2) is 47.5 Å². The van der Waals surface area contributed by atoms with Crippen LogP contribution >= 0.6 is 0 Å². The van der Waals surface area contributed by atoms with E-state index in [4.69, 9.17) is 28.4 Å². The van der Waals surface area contributed by atoms with Crippen LogP contribution in [-0.2, 0) is 56.5 Å². The second-order valence-corrected chi connectivity index (χ2v) is 13.9. The van der Waals surface area contributed by atoms with Gasteiger partial charge in [-0.1, -0.05) is 133 Å². The molecule has 6 aromatic rings. The van der Waals surface area contributed by atoms with E-state index < -0.39 is 42.3 Å². The molecule has 2 heterocycles. The Hall–Kier alpha value is -5.23. The molecular formula is C46H46F2N2O6. The number of hydrogen-bond donors (Lipinski definition) is 1. The van der Waals surface area contributed by atoms with E-state index >= 15 is 4.39 Å². The molecule has 1 saturated heterocycles. The fourth-order valence-electron chi connectivity index (χ4n) is 6.70. The molecule has 1 fully saturated rings. The quantitative estimate of drug-likeness (QED) is 0.0994. The van der Waals surface area contributed by atoms with Crippen molar-refractivity contribution in [3.05, 3.63) is 190 Å². The number of hydrogen-bond acceptors (Lipinski definition) is 7. The summed E-state index contributed by atoms with van der Waals surface area (Å²) in [6.45, 7) is 4.60. The van der Waals surface area contributed by atoms with Crippen molar-refractivity contribution in [2.45, 2.75) is 77.4 Å². The third-order valence-corrected chi connectivity index (χ3v) is 9.83. The molecule has 1 N–H and O–H groups in total. The maximum absolute atomic E-state index is 15.2. The minimum Gasteiger partial charge on any atom is -0.443 e. The Morgan fingerprint density at radius 1 is 0.589 bits per heavy atom. The lowest BCUT2D eigenvalue weighted by atomic mass is 9.97. The van der Waals surface area contributed by atoms with E-state index in [1.807, 2.05) is 128 Å². The molecule has 0 amide bonds. The standard InChI is InChI=1S/C46H46F2N2O6/c1-31-23-24-37(41(48)40(31)47)25-38-32(2)49-50-45(38)56-46-44(54-29-36-21-13-6-14-22-36)43(53-28-35-19-11-5-12-20-35)42(52-27-34-17-9-4-10-18-34)39(55-46)30-51-26-33-15-7-3-8-16-33/h3-24,39,42-44,46H,25-30H2,1-2H3,(H,49,50)/t39?,42-,43+,44-,46+/m1/s1. The van der Waals surface area contributed by atoms with Gasteiger partial charge in [-0.2, -0.15) is 0 Å². The molecule has 5 atom stereocenters. The first-order valence-electron chi connectivity index (χ1n) is 18.8. The monoisotopic (exact) mass is 760 g/mol. The number of benzene rings is 5. The summed E-state index contributed by atoms with van der Waals surface area (Å²) >= 11 is 0. The van der Waals surface area contributed by atoms with E-state index in [9.17, 15) is 4.39 Å². The van der Waals surface area contributed by atoms with E-state index in [-0.39, 0.29) is 49.9 Å². The molecule has 0 radical (unpaired) electrons. The molecule has 0 spiro atoms. The van der Waals surface area contributed by atoms with Crippen LogP contribution in [0.5, 0.6) is 5.88 Å². The Balaban J connectivity index is 1.24. The van der Waals surface area contributed by atoms with Gasteiger partial charge in [0, 0.05) is 17.7 Å². The molecule has 10 heteroatoms. The number of rotatable bonds is 17. The second kappa shape index (κ2) is 19.1. The molecule has 1 aliphatic rings. The molecule has 0 bridgehead atoms. The van der Waals surface area contributed by atoms with Gasteiger partial charge in [0.2, 0.25) is 12.2 Å². The summed E-state index contributed by atoms with van der Waals surface area (Å²) in [4.78, 5) is 0. The van der Waals surface area contributed by atoms with Crippen molar-refractivity contribution in [2.75, 3.05) is 6.61 Å². The molecule has 0 aliphatic carbocycles. The van der Waals surface area contributed by atoms with Gasteiger partial charge in [0.05, 0.1) is 33.0 Å². The SMILES string of the molecule is Cc1ccc(Cc2c(O[C@@H]3OC(COCc4ccccc4)[C@@H](OCc4ccccc4)[C@H](OCc4ccccc4)[C@H]3OCc3ccccc3)n[nH]c2C)c(F)c1F. The molecule has 0 saturated carbocycles. The predicted molar refractivity (Wildman–Crippen MR) is 208 cm³/mol. The zero-order chi connectivity index (χ0) is 38.7. The van der Waals surface area contributed by atoms with E-state index in [0.29, 0.717) is 17.9 Å². The van der Waals surface area contributed by atoms with Gasteiger partial charge < -0.3 is 28.4 Å². The van der Waals surface area contributed by atoms with Crippen LogP contribution in [0.15, 0.2) is 133 Å². The lowest BCUT2D eigenvalue weighted by molar-refractivity contribution is -0.310. The highest BCUT2D eigenvalue weighted by Crippen LogP contribution is 2.34. The maximum atomic E-state index is 15.2. The van der Waals surface area contributed by atoms with Crippen LogP contribution in [0.2, 0.25) is 0 Å². The summed E-state index contributed by atoms with van der Waals surface area (Å²) in [7, 11) is 0. The van der Waals surface area contributed by atoms with Crippen LogP contribution < -0.4 is 4.74 Å². The van der Waals surface area contributed by atoms with Crippen molar-refractivity contribution in [1.29, 1.82) is 0 Å². The smallest absolute Gasteiger partial charge is 0.238 e. The number of halogens is 2. The molecule has 1 aliphatic heterocycles. The lowest BCUT2D eigenvalue weighted by Crippen LogP contribution is -2.62. The van der Waals surface area contributed by atoms with Gasteiger partial charge in [-0.05, 0) is 47.2 Å². The Bertz CT molecular complexity index is 2100. The average Bonchev–Trinajstić information content (AvgIpc) is 3.58. The Morgan fingerprint density at radius 2 is 1.09 bits per heavy atom. The number of nitrogens with one attached hydrogen (secondary N) is 1. The first kappa shape index (κ1) is 39.0. The minimum atomic E-state index is -1.08. The van der Waals surface area contributed by atoms with Gasteiger partial charge in [-0.15, -0.1) is 5.10 Å². The van der Waals surface area contributed by atoms with Crippen LogP contribution in [0, 0.1) is 25.5 Å². The van der Waals surface area contributed by atoms with Gasteiger partial charge in [0.25, 0.3) is 0 Å². The topological polar surface area (TPSA) is 84.1 Å². The van der Waals surface area contributed by atoms with Gasteiger partial charge >= 0.3 is 0 Å². The van der Waals surface area contributed by atoms with Crippen LogP contribution in [0.25, 0.3) is 0 Å². The normalized spacial score (nSPS) is 19.5. The average molecular weight is 761 g/mol. The number of H-pyrrole nitrogens is 1. The number of aromatic nitrogens is 2. The summed E-state index contributed by atoms with van der Waals surface area (Å²) in [6.07, 6.45) is -3.97. The van der Waals surface area contributed by atoms with Crippen LogP contribution in [0.3, 0.4) is 0 Å². The van der Waals surface area contributed by atoms with Crippen molar-refractivity contribution in [1.82, 2.24) is 10.2 Å². The highest BCUT2D eigenvalue weighted by atomic mass is 19.2. The van der Waals surface area contributed by atoms with E-state index in [1.54, 1.807) is 12.1 Å². The zero-order valence-electron chi connectivity index (χ0n) is 31.5. The molecule has 1 unspecified atom stereocenters.